The minimum absolute atomic E-state index is 0.312. The molecule has 0 saturated heterocycles. The van der Waals surface area contributed by atoms with E-state index in [9.17, 15) is 44.4 Å². The van der Waals surface area contributed by atoms with Crippen LogP contribution < -0.4 is 4.46 Å². The van der Waals surface area contributed by atoms with Gasteiger partial charge < -0.3 is 0 Å². The molecule has 0 fully saturated rings. The van der Waals surface area contributed by atoms with Crippen LogP contribution >= 0.6 is 0 Å². The predicted octanol–water partition coefficient (Wildman–Crippen LogP) is -2.61. The molecule has 0 amide bonds. The molecular formula is C21H26O10Se. The van der Waals surface area contributed by atoms with Crippen molar-refractivity contribution < 1.29 is 54.6 Å². The summed E-state index contributed by atoms with van der Waals surface area (Å²) in [4.78, 5) is 59.4. The first-order chi connectivity index (χ1) is 16.5. The number of aliphatic hydroxyl groups excluding tert-OH is 1. The molecule has 10 nitrogen and oxygen atoms in total. The number of hydrogen-bond acceptors (Lipinski definition) is 10. The van der Waals surface area contributed by atoms with E-state index in [1.54, 1.807) is 19.1 Å². The Morgan fingerprint density at radius 1 is 1.03 bits per heavy atom. The predicted molar refractivity (Wildman–Crippen MR) is 111 cm³/mol. The second-order valence-electron chi connectivity index (χ2n) is 6.99. The van der Waals surface area contributed by atoms with E-state index in [-0.39, 0.29) is 0 Å². The van der Waals surface area contributed by atoms with Gasteiger partial charge in [-0.25, -0.2) is 0 Å². The molecule has 0 saturated carbocycles. The minimum atomic E-state index is -3.65. The molecule has 32 heavy (non-hydrogen) atoms. The summed E-state index contributed by atoms with van der Waals surface area (Å²) in [6.07, 6.45) is -13.4. The first kappa shape index (κ1) is 21.7. The van der Waals surface area contributed by atoms with Gasteiger partial charge in [0.1, 0.15) is 0 Å². The van der Waals surface area contributed by atoms with E-state index in [0.717, 1.165) is 5.56 Å². The second kappa shape index (κ2) is 12.2. The summed E-state index contributed by atoms with van der Waals surface area (Å²) in [5, 5.41) is 44.9. The molecule has 0 heterocycles. The van der Waals surface area contributed by atoms with Gasteiger partial charge in [0.25, 0.3) is 0 Å². The Labute approximate surface area is 196 Å². The van der Waals surface area contributed by atoms with Gasteiger partial charge in [0.05, 0.1) is 0 Å². The van der Waals surface area contributed by atoms with E-state index in [0.29, 0.717) is 4.46 Å². The van der Waals surface area contributed by atoms with Crippen molar-refractivity contribution in [1.29, 1.82) is 0 Å². The Kier molecular flexibility index (Phi) is 8.29. The number of hydrogen-bond donors (Lipinski definition) is 4. The quantitative estimate of drug-likeness (QED) is 0.133. The number of aldehydes is 4. The van der Waals surface area contributed by atoms with Gasteiger partial charge in [-0.15, -0.1) is 0 Å². The number of rotatable bonds is 16. The molecule has 0 aliphatic rings. The van der Waals surface area contributed by atoms with Gasteiger partial charge in [-0.05, 0) is 0 Å². The van der Waals surface area contributed by atoms with Crippen LogP contribution in [-0.2, 0) is 28.7 Å². The number of aryl methyl sites for hydroxylation is 1. The molecule has 0 unspecified atom stereocenters. The van der Waals surface area contributed by atoms with E-state index < -0.39 is 100 Å². The Balaban J connectivity index is 3.74. The van der Waals surface area contributed by atoms with Crippen molar-refractivity contribution in [1.82, 2.24) is 0 Å². The van der Waals surface area contributed by atoms with Crippen LogP contribution in [-0.4, -0.2) is 101 Å². The molecule has 0 aliphatic carbocycles. The van der Waals surface area contributed by atoms with Gasteiger partial charge in [0, 0.05) is 0 Å². The van der Waals surface area contributed by atoms with E-state index in [2.05, 4.69) is 0 Å². The van der Waals surface area contributed by atoms with Gasteiger partial charge in [-0.1, -0.05) is 0 Å². The van der Waals surface area contributed by atoms with Crippen LogP contribution in [0.4, 0.5) is 0 Å². The number of aliphatic hydroxyl groups is 4. The number of benzene rings is 1. The average Bonchev–Trinajstić information content (AvgIpc) is 2.73. The topological polar surface area (TPSA) is 176 Å². The molecule has 4 N–H and O–H groups in total. The Morgan fingerprint density at radius 3 is 2.09 bits per heavy atom. The Hall–Kier alpha value is -2.11. The van der Waals surface area contributed by atoms with Crippen LogP contribution in [0, 0.1) is 6.92 Å². The van der Waals surface area contributed by atoms with E-state index >= 15 is 0 Å². The molecule has 0 aliphatic heterocycles. The second-order valence-corrected chi connectivity index (χ2v) is 9.18. The van der Waals surface area contributed by atoms with E-state index in [1.807, 2.05) is 0 Å². The molecule has 1 rings (SSSR count). The third-order valence-corrected chi connectivity index (χ3v) is 7.12. The van der Waals surface area contributed by atoms with Crippen molar-refractivity contribution in [3.05, 3.63) is 29.8 Å². The third kappa shape index (κ3) is 5.81. The standard InChI is InChI=1S/C21H26O10Se/c1-15-2-4-16(5-3-15)32-18(27)20(29,7-10-23)21(30,8-11-24)19(28,6-9-22)17(26)14-31-13-12-25/h2-5,9-12,17,26,28-30H,6-8,13-14H2,1H3/t17-,19-,20+,21+/m1/s1/i9D,10D,11D,12D. The number of ether oxygens (including phenoxy) is 1. The molecule has 176 valence electrons. The first-order valence-electron chi connectivity index (χ1n) is 11.2. The summed E-state index contributed by atoms with van der Waals surface area (Å²) < 4.78 is 32.3. The summed E-state index contributed by atoms with van der Waals surface area (Å²) >= 11 is -1.41. The zero-order chi connectivity index (χ0) is 27.9. The zero-order valence-corrected chi connectivity index (χ0v) is 18.8. The van der Waals surface area contributed by atoms with Crippen molar-refractivity contribution in [3.8, 4) is 0 Å². The third-order valence-electron chi connectivity index (χ3n) is 4.96. The normalized spacial score (nSPS) is 19.5. The summed E-state index contributed by atoms with van der Waals surface area (Å²) in [5.74, 6) is 0. The molecule has 1 aromatic rings. The maximum atomic E-state index is 13.3. The molecular weight excluding hydrogens is 491 g/mol. The fourth-order valence-corrected chi connectivity index (χ4v) is 4.93. The molecule has 1 aromatic carbocycles. The number of carbonyl (C=O) groups excluding carboxylic acids is 5. The van der Waals surface area contributed by atoms with Gasteiger partial charge >= 0.3 is 196 Å². The fourth-order valence-electron chi connectivity index (χ4n) is 3.05. The Bertz CT molecular complexity index is 1010. The van der Waals surface area contributed by atoms with Crippen molar-refractivity contribution in [2.45, 2.75) is 49.1 Å². The first-order valence-corrected chi connectivity index (χ1v) is 10.9. The maximum absolute atomic E-state index is 13.3. The van der Waals surface area contributed by atoms with Crippen molar-refractivity contribution in [2.24, 2.45) is 0 Å². The van der Waals surface area contributed by atoms with Gasteiger partial charge in [0.2, 0.25) is 0 Å². The monoisotopic (exact) mass is 522 g/mol. The molecule has 11 heteroatoms. The van der Waals surface area contributed by atoms with Crippen molar-refractivity contribution in [2.75, 3.05) is 13.2 Å². The van der Waals surface area contributed by atoms with Crippen LogP contribution in [0.15, 0.2) is 24.3 Å². The average molecular weight is 521 g/mol. The number of carbonyl (C=O) groups is 5. The molecule has 4 atom stereocenters. The van der Waals surface area contributed by atoms with Crippen LogP contribution in [0.3, 0.4) is 0 Å². The summed E-state index contributed by atoms with van der Waals surface area (Å²) in [6, 6.07) is 6.21. The summed E-state index contributed by atoms with van der Waals surface area (Å²) in [5.41, 5.74) is -9.78. The Morgan fingerprint density at radius 2 is 1.59 bits per heavy atom. The van der Waals surface area contributed by atoms with E-state index in [4.69, 9.17) is 10.2 Å². The van der Waals surface area contributed by atoms with Gasteiger partial charge in [0.15, 0.2) is 0 Å². The molecule has 0 aromatic heterocycles. The van der Waals surface area contributed by atoms with Crippen LogP contribution in [0.25, 0.3) is 0 Å². The SMILES string of the molecule is [2H]C(=O)COC[C@@H](O)[C@](O)(CC([2H])=O)[C@@](O)(CC([2H])=O)[C@](O)(CC([2H])=O)C(=O)[Se]c1ccc(C)cc1. The molecule has 0 bridgehead atoms. The van der Waals surface area contributed by atoms with Gasteiger partial charge in [-0.2, -0.15) is 0 Å². The van der Waals surface area contributed by atoms with Crippen LogP contribution in [0.1, 0.15) is 30.3 Å². The molecule has 0 spiro atoms. The van der Waals surface area contributed by atoms with Crippen LogP contribution in [0.5, 0.6) is 0 Å². The molecule has 0 radical (unpaired) electrons. The zero-order valence-electron chi connectivity index (χ0n) is 21.1. The summed E-state index contributed by atoms with van der Waals surface area (Å²) in [7, 11) is 0. The van der Waals surface area contributed by atoms with E-state index in [1.165, 1.54) is 12.1 Å². The van der Waals surface area contributed by atoms with Crippen molar-refractivity contribution >= 4 is 49.1 Å². The fraction of sp³-hybridized carbons (Fsp3) is 0.476. The van der Waals surface area contributed by atoms with Gasteiger partial charge in [-0.3, -0.25) is 0 Å². The van der Waals surface area contributed by atoms with Crippen molar-refractivity contribution in [3.63, 3.8) is 0 Å². The van der Waals surface area contributed by atoms with Crippen LogP contribution in [0.2, 0.25) is 0 Å². The summed E-state index contributed by atoms with van der Waals surface area (Å²) in [6.45, 7) is -0.254.